The van der Waals surface area contributed by atoms with Crippen molar-refractivity contribution in [3.63, 3.8) is 0 Å². The zero-order valence-corrected chi connectivity index (χ0v) is 7.79. The van der Waals surface area contributed by atoms with Crippen molar-refractivity contribution in [3.05, 3.63) is 41.5 Å². The summed E-state index contributed by atoms with van der Waals surface area (Å²) < 4.78 is 21.8. The molecule has 1 aliphatic rings. The van der Waals surface area contributed by atoms with E-state index in [1.165, 1.54) is 0 Å². The van der Waals surface area contributed by atoms with Gasteiger partial charge in [0.15, 0.2) is 0 Å². The van der Waals surface area contributed by atoms with Crippen molar-refractivity contribution in [1.29, 1.82) is 0 Å². The third kappa shape index (κ3) is 1.57. The maximum atomic E-state index is 10.9. The Hall–Kier alpha value is -0.930. The van der Waals surface area contributed by atoms with Crippen LogP contribution in [0.15, 0.2) is 30.3 Å². The van der Waals surface area contributed by atoms with Gasteiger partial charge in [-0.2, -0.15) is 0 Å². The summed E-state index contributed by atoms with van der Waals surface area (Å²) in [5, 5.41) is -0.360. The average Bonchev–Trinajstić information content (AvgIpc) is 2.17. The van der Waals surface area contributed by atoms with Crippen LogP contribution in [0.1, 0.15) is 22.8 Å². The second-order valence-corrected chi connectivity index (χ2v) is 4.11. The lowest BCUT2D eigenvalue weighted by molar-refractivity contribution is 0.523. The quantitative estimate of drug-likeness (QED) is 0.640. The maximum absolute atomic E-state index is 10.9. The molecule has 0 heterocycles. The molecule has 2 rings (SSSR count). The second kappa shape index (κ2) is 3.44. The van der Waals surface area contributed by atoms with Gasteiger partial charge < -0.3 is 4.55 Å². The molecule has 1 aliphatic carbocycles. The van der Waals surface area contributed by atoms with Gasteiger partial charge >= 0.3 is 0 Å². The molecule has 1 aromatic carbocycles. The highest BCUT2D eigenvalue weighted by Crippen LogP contribution is 2.31. The molecule has 2 unspecified atom stereocenters. The number of hydrogen-bond donors (Lipinski definition) is 0. The van der Waals surface area contributed by atoms with E-state index in [0.717, 1.165) is 11.1 Å². The molecular formula is C10H9O2S-. The Morgan fingerprint density at radius 2 is 2.15 bits per heavy atom. The number of allylic oxidation sites excluding steroid dienone is 1. The van der Waals surface area contributed by atoms with E-state index in [4.69, 9.17) is 0 Å². The minimum Gasteiger partial charge on any atom is -0.772 e. The zero-order valence-electron chi connectivity index (χ0n) is 6.97. The van der Waals surface area contributed by atoms with Gasteiger partial charge in [0, 0.05) is 0 Å². The first-order valence-electron chi connectivity index (χ1n) is 4.12. The van der Waals surface area contributed by atoms with E-state index in [0.29, 0.717) is 6.42 Å². The van der Waals surface area contributed by atoms with Crippen LogP contribution in [0.5, 0.6) is 0 Å². The summed E-state index contributed by atoms with van der Waals surface area (Å²) >= 11 is -2.01. The monoisotopic (exact) mass is 193 g/mol. The van der Waals surface area contributed by atoms with Crippen molar-refractivity contribution in [1.82, 2.24) is 0 Å². The lowest BCUT2D eigenvalue weighted by atomic mass is 9.97. The standard InChI is InChI=1S/C10H10O2S/c11-13(12)10-7-3-5-8-4-1-2-6-9(8)10/h1-6,10H,7H2,(H,11,12)/p-1. The molecule has 0 fully saturated rings. The Labute approximate surface area is 79.6 Å². The van der Waals surface area contributed by atoms with Gasteiger partial charge in [-0.05, 0) is 28.6 Å². The van der Waals surface area contributed by atoms with E-state index in [9.17, 15) is 8.76 Å². The van der Waals surface area contributed by atoms with Crippen LogP contribution < -0.4 is 0 Å². The third-order valence-corrected chi connectivity index (χ3v) is 3.13. The van der Waals surface area contributed by atoms with Crippen LogP contribution >= 0.6 is 0 Å². The van der Waals surface area contributed by atoms with Crippen molar-refractivity contribution in [2.45, 2.75) is 11.7 Å². The van der Waals surface area contributed by atoms with E-state index in [2.05, 4.69) is 0 Å². The first kappa shape index (κ1) is 8.66. The molecule has 0 saturated heterocycles. The number of rotatable bonds is 1. The highest BCUT2D eigenvalue weighted by Gasteiger charge is 2.16. The minimum atomic E-state index is -2.01. The van der Waals surface area contributed by atoms with Crippen molar-refractivity contribution < 1.29 is 8.76 Å². The molecular weight excluding hydrogens is 184 g/mol. The van der Waals surface area contributed by atoms with Gasteiger partial charge in [-0.3, -0.25) is 4.21 Å². The second-order valence-electron chi connectivity index (χ2n) is 3.02. The van der Waals surface area contributed by atoms with Crippen molar-refractivity contribution in [2.24, 2.45) is 0 Å². The Kier molecular flexibility index (Phi) is 2.29. The van der Waals surface area contributed by atoms with Gasteiger partial charge in [0.2, 0.25) is 0 Å². The van der Waals surface area contributed by atoms with Gasteiger partial charge in [-0.1, -0.05) is 36.4 Å². The Morgan fingerprint density at radius 3 is 2.92 bits per heavy atom. The van der Waals surface area contributed by atoms with E-state index in [1.807, 2.05) is 36.4 Å². The molecule has 13 heavy (non-hydrogen) atoms. The minimum absolute atomic E-state index is 0.360. The van der Waals surface area contributed by atoms with E-state index in [-0.39, 0.29) is 5.25 Å². The normalized spacial score (nSPS) is 22.4. The van der Waals surface area contributed by atoms with Crippen LogP contribution in [0, 0.1) is 0 Å². The van der Waals surface area contributed by atoms with Crippen LogP contribution in [0.4, 0.5) is 0 Å². The molecule has 0 spiro atoms. The highest BCUT2D eigenvalue weighted by molar-refractivity contribution is 7.79. The van der Waals surface area contributed by atoms with Crippen LogP contribution in [0.3, 0.4) is 0 Å². The molecule has 0 N–H and O–H groups in total. The average molecular weight is 193 g/mol. The fourth-order valence-electron chi connectivity index (χ4n) is 1.58. The molecule has 0 amide bonds. The van der Waals surface area contributed by atoms with Crippen molar-refractivity contribution >= 4 is 17.2 Å². The Morgan fingerprint density at radius 1 is 1.38 bits per heavy atom. The molecule has 0 radical (unpaired) electrons. The fraction of sp³-hybridized carbons (Fsp3) is 0.200. The van der Waals surface area contributed by atoms with Crippen LogP contribution in [0.25, 0.3) is 6.08 Å². The number of benzene rings is 1. The molecule has 0 saturated carbocycles. The van der Waals surface area contributed by atoms with E-state index >= 15 is 0 Å². The lowest BCUT2D eigenvalue weighted by Gasteiger charge is -2.23. The van der Waals surface area contributed by atoms with Crippen molar-refractivity contribution in [2.75, 3.05) is 0 Å². The Bertz CT molecular complexity index is 371. The molecule has 3 heteroatoms. The first-order valence-corrected chi connectivity index (χ1v) is 5.26. The summed E-state index contributed by atoms with van der Waals surface area (Å²) in [6.45, 7) is 0. The molecule has 0 bridgehead atoms. The predicted octanol–water partition coefficient (Wildman–Crippen LogP) is 2.02. The topological polar surface area (TPSA) is 40.1 Å². The fourth-order valence-corrected chi connectivity index (χ4v) is 2.27. The predicted molar refractivity (Wildman–Crippen MR) is 51.8 cm³/mol. The van der Waals surface area contributed by atoms with E-state index < -0.39 is 11.1 Å². The van der Waals surface area contributed by atoms with Gasteiger partial charge in [-0.25, -0.2) is 0 Å². The summed E-state index contributed by atoms with van der Waals surface area (Å²) in [4.78, 5) is 0. The first-order chi connectivity index (χ1) is 6.29. The summed E-state index contributed by atoms with van der Waals surface area (Å²) in [5.74, 6) is 0. The summed E-state index contributed by atoms with van der Waals surface area (Å²) in [6, 6.07) is 7.60. The largest absolute Gasteiger partial charge is 0.772 e. The molecule has 68 valence electrons. The summed E-state index contributed by atoms with van der Waals surface area (Å²) in [6.07, 6.45) is 4.47. The SMILES string of the molecule is O=S([O-])C1CC=Cc2ccccc21. The molecule has 1 aromatic rings. The zero-order chi connectivity index (χ0) is 9.26. The van der Waals surface area contributed by atoms with Gasteiger partial charge in [0.05, 0.1) is 5.25 Å². The van der Waals surface area contributed by atoms with Crippen LogP contribution in [-0.2, 0) is 11.1 Å². The molecule has 2 nitrogen and oxygen atoms in total. The van der Waals surface area contributed by atoms with Gasteiger partial charge in [-0.15, -0.1) is 0 Å². The lowest BCUT2D eigenvalue weighted by Crippen LogP contribution is -2.09. The smallest absolute Gasteiger partial charge is 0.0505 e. The summed E-state index contributed by atoms with van der Waals surface area (Å²) in [7, 11) is 0. The highest BCUT2D eigenvalue weighted by atomic mass is 32.2. The number of hydrogen-bond acceptors (Lipinski definition) is 2. The van der Waals surface area contributed by atoms with Gasteiger partial charge in [0.1, 0.15) is 0 Å². The van der Waals surface area contributed by atoms with Crippen molar-refractivity contribution in [3.8, 4) is 0 Å². The third-order valence-electron chi connectivity index (χ3n) is 2.22. The number of fused-ring (bicyclic) bond motifs is 1. The summed E-state index contributed by atoms with van der Waals surface area (Å²) in [5.41, 5.74) is 1.93. The van der Waals surface area contributed by atoms with Gasteiger partial charge in [0.25, 0.3) is 0 Å². The van der Waals surface area contributed by atoms with Crippen LogP contribution in [0.2, 0.25) is 0 Å². The molecule has 0 aliphatic heterocycles. The van der Waals surface area contributed by atoms with E-state index in [1.54, 1.807) is 0 Å². The Balaban J connectivity index is 2.49. The van der Waals surface area contributed by atoms with Crippen LogP contribution in [-0.4, -0.2) is 8.76 Å². The maximum Gasteiger partial charge on any atom is 0.0505 e. The molecule has 0 aromatic heterocycles. The molecule has 2 atom stereocenters.